The van der Waals surface area contributed by atoms with Crippen LogP contribution in [-0.2, 0) is 16.5 Å². The number of halogens is 2. The molecule has 17 heteroatoms. The van der Waals surface area contributed by atoms with Crippen molar-refractivity contribution in [3.63, 3.8) is 0 Å². The van der Waals surface area contributed by atoms with Gasteiger partial charge in [-0.2, -0.15) is 28.0 Å². The molecular formula is H14Cl2NiO14. The van der Waals surface area contributed by atoms with E-state index in [-0.39, 0.29) is 49.3 Å². The van der Waals surface area contributed by atoms with Crippen molar-refractivity contribution in [2.24, 2.45) is 0 Å². The predicted octanol–water partition coefficient (Wildman–Crippen LogP) is -13.2. The van der Waals surface area contributed by atoms with E-state index in [1.54, 1.807) is 0 Å². The van der Waals surface area contributed by atoms with Crippen LogP contribution in [0.3, 0.4) is 0 Å². The Morgan fingerprint density at radius 1 is 0.471 bits per heavy atom. The monoisotopic (exact) mass is 366 g/mol. The molecule has 122 valence electrons. The van der Waals surface area contributed by atoms with Crippen LogP contribution in [0.2, 0.25) is 0 Å². The molecule has 0 saturated carbocycles. The normalized spacial score (nSPS) is 7.06. The van der Waals surface area contributed by atoms with Crippen molar-refractivity contribution < 1.29 is 107 Å². The van der Waals surface area contributed by atoms with Gasteiger partial charge in [-0.3, -0.25) is 0 Å². The Hall–Kier alpha value is 0.514. The summed E-state index contributed by atoms with van der Waals surface area (Å²) in [6.45, 7) is 0. The fourth-order valence-electron chi connectivity index (χ4n) is 0. The third kappa shape index (κ3) is 13200. The van der Waals surface area contributed by atoms with Crippen molar-refractivity contribution in [1.82, 2.24) is 0 Å². The van der Waals surface area contributed by atoms with Gasteiger partial charge in [0.05, 0.1) is 29.8 Å². The molecule has 0 aromatic rings. The molecular weight excluding hydrogens is 354 g/mol. The zero-order valence-electron chi connectivity index (χ0n) is 7.42. The maximum absolute atomic E-state index is 8.60. The minimum absolute atomic E-state index is 0. The summed E-state index contributed by atoms with van der Waals surface area (Å²) in [5, 5.41) is 0. The van der Waals surface area contributed by atoms with Crippen molar-refractivity contribution in [3.8, 4) is 0 Å². The molecule has 14 N–H and O–H groups in total. The third-order valence-electron chi connectivity index (χ3n) is 0. The summed E-state index contributed by atoms with van der Waals surface area (Å²) < 4.78 is 65.4. The minimum Gasteiger partial charge on any atom is -0.412 e. The van der Waals surface area contributed by atoms with Gasteiger partial charge in [-0.05, 0) is 0 Å². The van der Waals surface area contributed by atoms with Crippen LogP contribution >= 0.6 is 0 Å². The van der Waals surface area contributed by atoms with E-state index < -0.39 is 20.5 Å². The van der Waals surface area contributed by atoms with Gasteiger partial charge in [0, 0.05) is 16.5 Å². The molecule has 0 spiro atoms. The average Bonchev–Trinajstić information content (AvgIpc) is 1.12. The molecule has 0 aliphatic carbocycles. The summed E-state index contributed by atoms with van der Waals surface area (Å²) >= 11 is 0. The predicted molar refractivity (Wildman–Crippen MR) is 26.1 cm³/mol. The van der Waals surface area contributed by atoms with Crippen molar-refractivity contribution in [1.29, 1.82) is 0 Å². The van der Waals surface area contributed by atoms with E-state index in [1.165, 1.54) is 0 Å². The average molecular weight is 368 g/mol. The fourth-order valence-corrected chi connectivity index (χ4v) is 0. The molecule has 0 bridgehead atoms. The summed E-state index contributed by atoms with van der Waals surface area (Å²) in [6, 6.07) is 0. The maximum atomic E-state index is 8.60. The molecule has 0 rings (SSSR count). The van der Waals surface area contributed by atoms with E-state index in [9.17, 15) is 0 Å². The molecule has 0 unspecified atom stereocenters. The molecule has 0 aliphatic heterocycles. The van der Waals surface area contributed by atoms with Gasteiger partial charge in [0.15, 0.2) is 0 Å². The van der Waals surface area contributed by atoms with Gasteiger partial charge < -0.3 is 32.9 Å². The third-order valence-corrected chi connectivity index (χ3v) is 0. The van der Waals surface area contributed by atoms with Gasteiger partial charge in [0.1, 0.15) is 0 Å². The first-order valence-electron chi connectivity index (χ1n) is 1.26. The zero-order chi connectivity index (χ0) is 9.00. The van der Waals surface area contributed by atoms with E-state index in [4.69, 9.17) is 37.3 Å². The molecule has 0 heterocycles. The number of rotatable bonds is 0. The second-order valence-corrected chi connectivity index (χ2v) is 2.38. The van der Waals surface area contributed by atoms with Crippen molar-refractivity contribution in [2.45, 2.75) is 0 Å². The van der Waals surface area contributed by atoms with Gasteiger partial charge in [0.25, 0.3) is 0 Å². The molecule has 0 fully saturated rings. The molecule has 0 aromatic heterocycles. The number of hydrogen-bond acceptors (Lipinski definition) is 8. The Bertz CT molecular complexity index is 57.2. The summed E-state index contributed by atoms with van der Waals surface area (Å²) in [5.74, 6) is 0. The molecule has 14 nitrogen and oxygen atoms in total. The molecule has 0 saturated heterocycles. The Labute approximate surface area is 108 Å². The SMILES string of the molecule is O.O.O.O.O.O.[Ni].[O-][Cl+3]([O-])([O-])O.[O-][Cl+3]([O-])([O-])O. The smallest absolute Gasteiger partial charge is 0.0777 e. The molecule has 0 amide bonds. The van der Waals surface area contributed by atoms with Crippen molar-refractivity contribution in [2.75, 3.05) is 0 Å². The van der Waals surface area contributed by atoms with Crippen LogP contribution in [0.4, 0.5) is 0 Å². The van der Waals surface area contributed by atoms with Gasteiger partial charge in [-0.25, -0.2) is 0 Å². The quantitative estimate of drug-likeness (QED) is 0.385. The van der Waals surface area contributed by atoms with E-state index in [0.717, 1.165) is 0 Å². The van der Waals surface area contributed by atoms with Gasteiger partial charge >= 0.3 is 0 Å². The first-order valence-corrected chi connectivity index (χ1v) is 3.79. The van der Waals surface area contributed by atoms with Crippen molar-refractivity contribution >= 4 is 0 Å². The Kier molecular flexibility index (Phi) is 98.4. The standard InChI is InChI=1S/2ClHO4.Ni.6H2O/c2*2-1(3,4)5;;;;;;;/h2*(H,2,3,4,5);;6*1H2. The molecule has 0 aromatic carbocycles. The van der Waals surface area contributed by atoms with Crippen LogP contribution < -0.4 is 28.0 Å². The fraction of sp³-hybridized carbons (Fsp3) is 0. The van der Waals surface area contributed by atoms with E-state index in [2.05, 4.69) is 0 Å². The summed E-state index contributed by atoms with van der Waals surface area (Å²) in [5.41, 5.74) is 0. The maximum Gasteiger partial charge on any atom is 0.0777 e. The topological polar surface area (TPSA) is 368 Å². The summed E-state index contributed by atoms with van der Waals surface area (Å²) in [6.07, 6.45) is 0. The van der Waals surface area contributed by atoms with Gasteiger partial charge in [-0.15, -0.1) is 0 Å². The Morgan fingerprint density at radius 2 is 0.471 bits per heavy atom. The van der Waals surface area contributed by atoms with E-state index in [0.29, 0.717) is 0 Å². The Morgan fingerprint density at radius 3 is 0.471 bits per heavy atom. The van der Waals surface area contributed by atoms with Crippen LogP contribution in [0.1, 0.15) is 0 Å². The van der Waals surface area contributed by atoms with Crippen LogP contribution in [0.15, 0.2) is 0 Å². The second kappa shape index (κ2) is 25.4. The first-order chi connectivity index (χ1) is 4.00. The van der Waals surface area contributed by atoms with Crippen LogP contribution in [0.25, 0.3) is 0 Å². The Balaban J connectivity index is -0.00000000762. The van der Waals surface area contributed by atoms with E-state index >= 15 is 0 Å². The van der Waals surface area contributed by atoms with Crippen molar-refractivity contribution in [3.05, 3.63) is 0 Å². The van der Waals surface area contributed by atoms with Crippen LogP contribution in [-0.4, -0.2) is 42.2 Å². The van der Waals surface area contributed by atoms with Gasteiger partial charge in [-0.1, -0.05) is 0 Å². The van der Waals surface area contributed by atoms with Crippen LogP contribution in [0, 0.1) is 20.5 Å². The molecule has 0 radical (unpaired) electrons. The van der Waals surface area contributed by atoms with E-state index in [1.807, 2.05) is 0 Å². The summed E-state index contributed by atoms with van der Waals surface area (Å²) in [7, 11) is -9.39. The first kappa shape index (κ1) is 65.9. The number of hydrogen-bond donors (Lipinski definition) is 2. The molecule has 17 heavy (non-hydrogen) atoms. The largest absolute Gasteiger partial charge is 0.412 e. The molecule has 0 aliphatic rings. The van der Waals surface area contributed by atoms with Crippen LogP contribution in [0.5, 0.6) is 0 Å². The summed E-state index contributed by atoms with van der Waals surface area (Å²) in [4.78, 5) is 0. The van der Waals surface area contributed by atoms with Gasteiger partial charge in [0.2, 0.25) is 0 Å². The minimum atomic E-state index is -4.69. The molecule has 0 atom stereocenters. The second-order valence-electron chi connectivity index (χ2n) is 0.792. The zero-order valence-corrected chi connectivity index (χ0v) is 9.92.